The first kappa shape index (κ1) is 14.6. The molecule has 0 spiro atoms. The molecule has 0 radical (unpaired) electrons. The molecular formula is C10H13F3N2O3. The van der Waals surface area contributed by atoms with Crippen LogP contribution in [0.4, 0.5) is 18.9 Å². The molecule has 8 heteroatoms. The molecule has 1 aromatic rings. The molecule has 2 atom stereocenters. The third-order valence-electron chi connectivity index (χ3n) is 2.21. The first-order valence-corrected chi connectivity index (χ1v) is 4.96. The van der Waals surface area contributed by atoms with Crippen molar-refractivity contribution in [3.8, 4) is 5.75 Å². The summed E-state index contributed by atoms with van der Waals surface area (Å²) in [5.74, 6) is -0.569. The highest BCUT2D eigenvalue weighted by atomic mass is 19.4. The van der Waals surface area contributed by atoms with Crippen LogP contribution in [0.2, 0.25) is 0 Å². The first-order valence-electron chi connectivity index (χ1n) is 4.96. The van der Waals surface area contributed by atoms with E-state index in [1.54, 1.807) is 0 Å². The number of nitrogens with two attached hydrogens (primary N) is 2. The maximum Gasteiger partial charge on any atom is 0.573 e. The Hall–Kier alpha value is -1.51. The third-order valence-corrected chi connectivity index (χ3v) is 2.21. The molecule has 0 bridgehead atoms. The van der Waals surface area contributed by atoms with Gasteiger partial charge < -0.3 is 26.4 Å². The van der Waals surface area contributed by atoms with E-state index in [1.807, 2.05) is 0 Å². The van der Waals surface area contributed by atoms with Crippen LogP contribution in [0.25, 0.3) is 0 Å². The van der Waals surface area contributed by atoms with Crippen LogP contribution in [0.5, 0.6) is 5.75 Å². The number of hydrogen-bond acceptors (Lipinski definition) is 5. The molecular weight excluding hydrogens is 253 g/mol. The van der Waals surface area contributed by atoms with E-state index in [0.29, 0.717) is 0 Å². The lowest BCUT2D eigenvalue weighted by atomic mass is 10.0. The number of ether oxygens (including phenoxy) is 1. The van der Waals surface area contributed by atoms with E-state index in [1.165, 1.54) is 6.07 Å². The minimum Gasteiger partial charge on any atom is -0.404 e. The van der Waals surface area contributed by atoms with Gasteiger partial charge in [0, 0.05) is 6.54 Å². The van der Waals surface area contributed by atoms with Gasteiger partial charge in [0.25, 0.3) is 0 Å². The van der Waals surface area contributed by atoms with Gasteiger partial charge in [0.15, 0.2) is 5.75 Å². The van der Waals surface area contributed by atoms with Crippen LogP contribution >= 0.6 is 0 Å². The number of nitrogen functional groups attached to an aromatic ring is 1. The van der Waals surface area contributed by atoms with Crippen molar-refractivity contribution in [3.05, 3.63) is 23.8 Å². The van der Waals surface area contributed by atoms with E-state index in [0.717, 1.165) is 12.1 Å². The molecule has 1 aromatic carbocycles. The summed E-state index contributed by atoms with van der Waals surface area (Å²) >= 11 is 0. The molecule has 0 heterocycles. The number of rotatable bonds is 4. The van der Waals surface area contributed by atoms with Crippen molar-refractivity contribution in [3.63, 3.8) is 0 Å². The second kappa shape index (κ2) is 5.42. The predicted molar refractivity (Wildman–Crippen MR) is 57.6 cm³/mol. The van der Waals surface area contributed by atoms with Crippen LogP contribution < -0.4 is 16.2 Å². The number of anilines is 1. The van der Waals surface area contributed by atoms with Crippen molar-refractivity contribution in [2.24, 2.45) is 5.73 Å². The Bertz CT molecular complexity index is 412. The number of hydrogen-bond donors (Lipinski definition) is 4. The van der Waals surface area contributed by atoms with Gasteiger partial charge in [-0.1, -0.05) is 6.07 Å². The van der Waals surface area contributed by atoms with Gasteiger partial charge in [-0.2, -0.15) is 0 Å². The normalized spacial score (nSPS) is 15.2. The van der Waals surface area contributed by atoms with E-state index >= 15 is 0 Å². The molecule has 1 rings (SSSR count). The second-order valence-electron chi connectivity index (χ2n) is 3.59. The molecule has 5 nitrogen and oxygen atoms in total. The van der Waals surface area contributed by atoms with E-state index in [-0.39, 0.29) is 17.8 Å². The summed E-state index contributed by atoms with van der Waals surface area (Å²) in [4.78, 5) is 0. The Balaban J connectivity index is 2.92. The maximum atomic E-state index is 12.0. The van der Waals surface area contributed by atoms with Gasteiger partial charge in [0.05, 0.1) is 11.8 Å². The molecule has 0 aliphatic heterocycles. The molecule has 6 N–H and O–H groups in total. The maximum absolute atomic E-state index is 12.0. The van der Waals surface area contributed by atoms with Gasteiger partial charge >= 0.3 is 6.36 Å². The van der Waals surface area contributed by atoms with Gasteiger partial charge in [-0.05, 0) is 17.7 Å². The second-order valence-corrected chi connectivity index (χ2v) is 3.59. The lowest BCUT2D eigenvalue weighted by molar-refractivity contribution is -0.274. The highest BCUT2D eigenvalue weighted by Gasteiger charge is 2.32. The Kier molecular flexibility index (Phi) is 4.38. The lowest BCUT2D eigenvalue weighted by Crippen LogP contribution is -2.27. The third kappa shape index (κ3) is 3.76. The largest absolute Gasteiger partial charge is 0.573 e. The Labute approximate surface area is 101 Å². The van der Waals surface area contributed by atoms with Crippen LogP contribution in [0, 0.1) is 0 Å². The zero-order chi connectivity index (χ0) is 13.9. The molecule has 18 heavy (non-hydrogen) atoms. The first-order chi connectivity index (χ1) is 8.24. The summed E-state index contributed by atoms with van der Waals surface area (Å²) in [5, 5.41) is 18.9. The van der Waals surface area contributed by atoms with Crippen molar-refractivity contribution >= 4 is 5.69 Å². The average molecular weight is 266 g/mol. The molecule has 0 aliphatic carbocycles. The Morgan fingerprint density at radius 1 is 1.28 bits per heavy atom. The van der Waals surface area contributed by atoms with E-state index < -0.39 is 24.3 Å². The summed E-state index contributed by atoms with van der Waals surface area (Å²) < 4.78 is 39.6. The Morgan fingerprint density at radius 2 is 1.89 bits per heavy atom. The van der Waals surface area contributed by atoms with E-state index in [4.69, 9.17) is 11.5 Å². The lowest BCUT2D eigenvalue weighted by Gasteiger charge is -2.18. The zero-order valence-electron chi connectivity index (χ0n) is 9.19. The minimum atomic E-state index is -4.84. The van der Waals surface area contributed by atoms with Gasteiger partial charge in [-0.3, -0.25) is 0 Å². The fourth-order valence-corrected chi connectivity index (χ4v) is 1.32. The average Bonchev–Trinajstić information content (AvgIpc) is 2.28. The summed E-state index contributed by atoms with van der Waals surface area (Å²) in [6, 6.07) is 3.22. The summed E-state index contributed by atoms with van der Waals surface area (Å²) in [6.45, 7) is -0.193. The summed E-state index contributed by atoms with van der Waals surface area (Å²) in [6.07, 6.45) is -7.39. The highest BCUT2D eigenvalue weighted by Crippen LogP contribution is 2.31. The zero-order valence-corrected chi connectivity index (χ0v) is 9.19. The molecule has 102 valence electrons. The van der Waals surface area contributed by atoms with Crippen LogP contribution in [0.1, 0.15) is 11.7 Å². The van der Waals surface area contributed by atoms with Crippen LogP contribution in [0.3, 0.4) is 0 Å². The molecule has 0 amide bonds. The SMILES string of the molecule is NCC(O)C(O)c1ccc(OC(F)(F)F)c(N)c1. The smallest absolute Gasteiger partial charge is 0.404 e. The van der Waals surface area contributed by atoms with E-state index in [2.05, 4.69) is 4.74 Å². The monoisotopic (exact) mass is 266 g/mol. The fraction of sp³-hybridized carbons (Fsp3) is 0.400. The van der Waals surface area contributed by atoms with Gasteiger partial charge in [-0.15, -0.1) is 13.2 Å². The number of aliphatic hydroxyl groups excluding tert-OH is 2. The number of aliphatic hydroxyl groups is 2. The molecule has 0 fully saturated rings. The predicted octanol–water partition coefficient (Wildman–Crippen LogP) is 0.520. The number of benzene rings is 1. The van der Waals surface area contributed by atoms with Crippen molar-refractivity contribution < 1.29 is 28.1 Å². The van der Waals surface area contributed by atoms with Crippen molar-refractivity contribution in [1.82, 2.24) is 0 Å². The summed E-state index contributed by atoms with van der Waals surface area (Å²) in [5.41, 5.74) is 10.4. The molecule has 0 saturated heterocycles. The van der Waals surface area contributed by atoms with Crippen molar-refractivity contribution in [1.29, 1.82) is 0 Å². The van der Waals surface area contributed by atoms with Crippen LogP contribution in [0.15, 0.2) is 18.2 Å². The number of alkyl halides is 3. The number of halogens is 3. The van der Waals surface area contributed by atoms with Crippen LogP contribution in [-0.2, 0) is 0 Å². The molecule has 0 saturated carbocycles. The molecule has 0 aliphatic rings. The topological polar surface area (TPSA) is 102 Å². The van der Waals surface area contributed by atoms with Crippen LogP contribution in [-0.4, -0.2) is 29.2 Å². The standard InChI is InChI=1S/C10H13F3N2O3/c11-10(12,13)18-8-2-1-5(3-6(8)15)9(17)7(16)4-14/h1-3,7,9,16-17H,4,14-15H2. The molecule has 2 unspecified atom stereocenters. The van der Waals surface area contributed by atoms with E-state index in [9.17, 15) is 23.4 Å². The van der Waals surface area contributed by atoms with Crippen molar-refractivity contribution in [2.75, 3.05) is 12.3 Å². The Morgan fingerprint density at radius 3 is 2.33 bits per heavy atom. The quantitative estimate of drug-likeness (QED) is 0.595. The highest BCUT2D eigenvalue weighted by molar-refractivity contribution is 5.54. The van der Waals surface area contributed by atoms with Crippen molar-refractivity contribution in [2.45, 2.75) is 18.6 Å². The molecule has 0 aromatic heterocycles. The van der Waals surface area contributed by atoms with Gasteiger partial charge in [0.2, 0.25) is 0 Å². The van der Waals surface area contributed by atoms with Gasteiger partial charge in [0.1, 0.15) is 6.10 Å². The van der Waals surface area contributed by atoms with Gasteiger partial charge in [-0.25, -0.2) is 0 Å². The minimum absolute atomic E-state index is 0.153. The fourth-order valence-electron chi connectivity index (χ4n) is 1.32. The summed E-state index contributed by atoms with van der Waals surface area (Å²) in [7, 11) is 0.